The van der Waals surface area contributed by atoms with Crippen molar-refractivity contribution in [1.29, 1.82) is 10.5 Å². The molecule has 0 saturated carbocycles. The Bertz CT molecular complexity index is 1360. The monoisotopic (exact) mass is 427 g/mol. The largest absolute Gasteiger partial charge is 0.495 e. The fourth-order valence-electron chi connectivity index (χ4n) is 3.69. The van der Waals surface area contributed by atoms with Gasteiger partial charge in [0.15, 0.2) is 0 Å². The van der Waals surface area contributed by atoms with Crippen LogP contribution in [0.25, 0.3) is 11.8 Å². The second kappa shape index (κ2) is 10.0. The Morgan fingerprint density at radius 2 is 1.45 bits per heavy atom. The Balaban J connectivity index is 2.08. The Kier molecular flexibility index (Phi) is 6.50. The van der Waals surface area contributed by atoms with Crippen LogP contribution < -0.4 is 9.64 Å². The van der Waals surface area contributed by atoms with Crippen LogP contribution in [0.4, 0.5) is 11.4 Å². The number of nitrogens with zero attached hydrogens (tertiary/aromatic N) is 3. The quantitative estimate of drug-likeness (QED) is 0.318. The van der Waals surface area contributed by atoms with Crippen molar-refractivity contribution >= 4 is 23.1 Å². The first-order chi connectivity index (χ1) is 16.2. The van der Waals surface area contributed by atoms with Crippen LogP contribution in [0, 0.1) is 22.7 Å². The van der Waals surface area contributed by atoms with Gasteiger partial charge in [0, 0.05) is 11.3 Å². The lowest BCUT2D eigenvalue weighted by atomic mass is 9.98. The van der Waals surface area contributed by atoms with Crippen LogP contribution in [-0.4, -0.2) is 7.11 Å². The molecule has 0 aliphatic carbocycles. The highest BCUT2D eigenvalue weighted by molar-refractivity contribution is 5.98. The molecule has 0 fully saturated rings. The van der Waals surface area contributed by atoms with E-state index in [1.165, 1.54) is 0 Å². The van der Waals surface area contributed by atoms with Gasteiger partial charge in [-0.15, -0.1) is 0 Å². The van der Waals surface area contributed by atoms with Gasteiger partial charge in [0.2, 0.25) is 0 Å². The van der Waals surface area contributed by atoms with E-state index in [1.54, 1.807) is 25.3 Å². The summed E-state index contributed by atoms with van der Waals surface area (Å²) in [5.74, 6) is 0.690. The van der Waals surface area contributed by atoms with Gasteiger partial charge >= 0.3 is 0 Å². The minimum atomic E-state index is 0.479. The first-order valence-corrected chi connectivity index (χ1v) is 10.4. The van der Waals surface area contributed by atoms with E-state index in [0.717, 1.165) is 22.6 Å². The molecule has 0 spiro atoms. The summed E-state index contributed by atoms with van der Waals surface area (Å²) in [7, 11) is 1.64. The average molecular weight is 428 g/mol. The van der Waals surface area contributed by atoms with E-state index in [2.05, 4.69) is 17.0 Å². The van der Waals surface area contributed by atoms with Crippen LogP contribution in [-0.2, 0) is 0 Å². The number of methoxy groups -OCH3 is 1. The first kappa shape index (κ1) is 21.4. The van der Waals surface area contributed by atoms with Gasteiger partial charge in [0.25, 0.3) is 0 Å². The third-order valence-corrected chi connectivity index (χ3v) is 5.23. The van der Waals surface area contributed by atoms with Gasteiger partial charge in [0.05, 0.1) is 41.8 Å². The summed E-state index contributed by atoms with van der Waals surface area (Å²) in [5.41, 5.74) is 5.06. The molecule has 4 nitrogen and oxygen atoms in total. The summed E-state index contributed by atoms with van der Waals surface area (Å²) in [5, 5.41) is 19.5. The highest BCUT2D eigenvalue weighted by Crippen LogP contribution is 2.41. The van der Waals surface area contributed by atoms with Crippen molar-refractivity contribution in [1.82, 2.24) is 0 Å². The highest BCUT2D eigenvalue weighted by Gasteiger charge is 2.22. The minimum Gasteiger partial charge on any atom is -0.495 e. The molecule has 4 aromatic rings. The van der Waals surface area contributed by atoms with Crippen LogP contribution in [0.5, 0.6) is 5.75 Å². The third kappa shape index (κ3) is 4.61. The molecule has 0 bridgehead atoms. The molecule has 0 N–H and O–H groups in total. The van der Waals surface area contributed by atoms with Crippen molar-refractivity contribution in [2.24, 2.45) is 0 Å². The van der Waals surface area contributed by atoms with E-state index in [-0.39, 0.29) is 0 Å². The number of para-hydroxylation sites is 3. The van der Waals surface area contributed by atoms with Crippen LogP contribution in [0.15, 0.2) is 103 Å². The summed E-state index contributed by atoms with van der Waals surface area (Å²) in [4.78, 5) is 2.06. The summed E-state index contributed by atoms with van der Waals surface area (Å²) >= 11 is 0. The van der Waals surface area contributed by atoms with Crippen molar-refractivity contribution < 1.29 is 4.74 Å². The minimum absolute atomic E-state index is 0.479. The van der Waals surface area contributed by atoms with Crippen LogP contribution >= 0.6 is 0 Å². The van der Waals surface area contributed by atoms with Gasteiger partial charge < -0.3 is 9.64 Å². The molecule has 0 amide bonds. The average Bonchev–Trinajstić information content (AvgIpc) is 2.89. The lowest BCUT2D eigenvalue weighted by molar-refractivity contribution is 0.416. The van der Waals surface area contributed by atoms with E-state index >= 15 is 0 Å². The smallest absolute Gasteiger partial charge is 0.142 e. The zero-order valence-corrected chi connectivity index (χ0v) is 18.1. The molecule has 4 aromatic carbocycles. The lowest BCUT2D eigenvalue weighted by Crippen LogP contribution is -2.17. The Hall–Kier alpha value is -4.80. The summed E-state index contributed by atoms with van der Waals surface area (Å²) < 4.78 is 5.70. The molecule has 0 aromatic heterocycles. The van der Waals surface area contributed by atoms with E-state index in [4.69, 9.17) is 4.74 Å². The maximum atomic E-state index is 9.92. The Labute approximate surface area is 193 Å². The summed E-state index contributed by atoms with van der Waals surface area (Å²) in [6.07, 6.45) is 2.02. The molecular formula is C29H21N3O. The molecule has 0 atom stereocenters. The molecule has 0 aliphatic rings. The molecule has 0 unspecified atom stereocenters. The lowest BCUT2D eigenvalue weighted by Gasteiger charge is -2.30. The fraction of sp³-hybridized carbons (Fsp3) is 0.0345. The van der Waals surface area contributed by atoms with E-state index in [9.17, 15) is 10.5 Å². The summed E-state index contributed by atoms with van der Waals surface area (Å²) in [6, 6.07) is 37.2. The predicted molar refractivity (Wildman–Crippen MR) is 132 cm³/mol. The summed E-state index contributed by atoms with van der Waals surface area (Å²) in [6.45, 7) is 0. The van der Waals surface area contributed by atoms with Crippen molar-refractivity contribution in [3.63, 3.8) is 0 Å². The zero-order chi connectivity index (χ0) is 23.0. The molecule has 33 heavy (non-hydrogen) atoms. The van der Waals surface area contributed by atoms with Crippen LogP contribution in [0.2, 0.25) is 0 Å². The zero-order valence-electron chi connectivity index (χ0n) is 18.1. The maximum Gasteiger partial charge on any atom is 0.142 e. The van der Waals surface area contributed by atoms with Gasteiger partial charge in [-0.05, 0) is 54.1 Å². The highest BCUT2D eigenvalue weighted by atomic mass is 16.5. The molecule has 0 heterocycles. The van der Waals surface area contributed by atoms with Crippen molar-refractivity contribution in [2.45, 2.75) is 0 Å². The van der Waals surface area contributed by atoms with Gasteiger partial charge in [-0.3, -0.25) is 0 Å². The standard InChI is InChI=1S/C29H21N3O/c1-33-29-15-9-8-14-27(29)32(25-12-6-3-7-13-25)28(19-22-10-4-2-5-11-22)26-18-23(20-30)16-17-24(26)21-31/h2-19H,1H3. The molecular weight excluding hydrogens is 406 g/mol. The van der Waals surface area contributed by atoms with Gasteiger partial charge in [0.1, 0.15) is 5.75 Å². The number of nitriles is 2. The van der Waals surface area contributed by atoms with E-state index in [1.807, 2.05) is 91.0 Å². The fourth-order valence-corrected chi connectivity index (χ4v) is 3.69. The van der Waals surface area contributed by atoms with E-state index < -0.39 is 0 Å². The molecule has 0 saturated heterocycles. The number of hydrogen-bond donors (Lipinski definition) is 0. The molecule has 4 heteroatoms. The molecule has 0 aliphatic heterocycles. The normalized spacial score (nSPS) is 10.7. The topological polar surface area (TPSA) is 60.0 Å². The third-order valence-electron chi connectivity index (χ3n) is 5.23. The van der Waals surface area contributed by atoms with Gasteiger partial charge in [-0.1, -0.05) is 60.7 Å². The Morgan fingerprint density at radius 1 is 0.788 bits per heavy atom. The van der Waals surface area contributed by atoms with Crippen molar-refractivity contribution in [3.8, 4) is 17.9 Å². The van der Waals surface area contributed by atoms with Gasteiger partial charge in [-0.25, -0.2) is 0 Å². The number of anilines is 2. The number of ether oxygens (including phenoxy) is 1. The molecule has 0 radical (unpaired) electrons. The predicted octanol–water partition coefficient (Wildman–Crippen LogP) is 6.77. The molecule has 158 valence electrons. The maximum absolute atomic E-state index is 9.92. The van der Waals surface area contributed by atoms with Gasteiger partial charge in [-0.2, -0.15) is 10.5 Å². The SMILES string of the molecule is COc1ccccc1N(C(=Cc1ccccc1)c1cc(C#N)ccc1C#N)c1ccccc1. The van der Waals surface area contributed by atoms with Crippen LogP contribution in [0.3, 0.4) is 0 Å². The van der Waals surface area contributed by atoms with Crippen molar-refractivity contribution in [2.75, 3.05) is 12.0 Å². The van der Waals surface area contributed by atoms with E-state index in [0.29, 0.717) is 22.4 Å². The second-order valence-corrected chi connectivity index (χ2v) is 7.27. The Morgan fingerprint density at radius 3 is 2.12 bits per heavy atom. The first-order valence-electron chi connectivity index (χ1n) is 10.4. The number of benzene rings is 4. The van der Waals surface area contributed by atoms with Crippen molar-refractivity contribution in [3.05, 3.63) is 125 Å². The number of rotatable bonds is 6. The number of hydrogen-bond acceptors (Lipinski definition) is 4. The van der Waals surface area contributed by atoms with Crippen LogP contribution in [0.1, 0.15) is 22.3 Å². The molecule has 4 rings (SSSR count). The second-order valence-electron chi connectivity index (χ2n) is 7.27.